The third kappa shape index (κ3) is 2.72. The Morgan fingerprint density at radius 3 is 2.83 bits per heavy atom. The molecular weight excluding hydrogens is 252 g/mol. The summed E-state index contributed by atoms with van der Waals surface area (Å²) in [4.78, 5) is 14.6. The van der Waals surface area contributed by atoms with Gasteiger partial charge in [0.15, 0.2) is 0 Å². The zero-order chi connectivity index (χ0) is 13.1. The van der Waals surface area contributed by atoms with Crippen LogP contribution < -0.4 is 0 Å². The average Bonchev–Trinajstić information content (AvgIpc) is 2.76. The Kier molecular flexibility index (Phi) is 3.69. The molecule has 0 aliphatic rings. The molecule has 6 heteroatoms. The maximum Gasteiger partial charge on any atom is 0.272 e. The Morgan fingerprint density at radius 1 is 1.50 bits per heavy atom. The van der Waals surface area contributed by atoms with Crippen molar-refractivity contribution in [1.29, 1.82) is 0 Å². The van der Waals surface area contributed by atoms with Gasteiger partial charge in [0.2, 0.25) is 0 Å². The summed E-state index contributed by atoms with van der Waals surface area (Å²) in [7, 11) is 0. The number of aliphatic hydroxyl groups is 1. The lowest BCUT2D eigenvalue weighted by atomic mass is 10.0. The number of rotatable bonds is 4. The maximum absolute atomic E-state index is 10.9. The normalized spacial score (nSPS) is 12.3. The van der Waals surface area contributed by atoms with Gasteiger partial charge in [-0.2, -0.15) is 0 Å². The summed E-state index contributed by atoms with van der Waals surface area (Å²) in [6.45, 7) is 1.85. The molecule has 1 unspecified atom stereocenters. The Balaban J connectivity index is 2.21. The molecule has 1 atom stereocenters. The standard InChI is InChI=1S/C12H12N2O3S/c1-8-13-10(7-18-8)12(15)6-9-4-2-3-5-11(9)14(16)17/h2-5,7,12,15H,6H2,1H3. The van der Waals surface area contributed by atoms with Gasteiger partial charge in [-0.15, -0.1) is 11.3 Å². The molecule has 0 saturated carbocycles. The molecule has 0 fully saturated rings. The van der Waals surface area contributed by atoms with E-state index < -0.39 is 11.0 Å². The first-order valence-corrected chi connectivity index (χ1v) is 6.28. The van der Waals surface area contributed by atoms with Crippen molar-refractivity contribution in [2.24, 2.45) is 0 Å². The second kappa shape index (κ2) is 5.24. The summed E-state index contributed by atoms with van der Waals surface area (Å²) in [5.74, 6) is 0. The van der Waals surface area contributed by atoms with E-state index in [1.807, 2.05) is 6.92 Å². The van der Waals surface area contributed by atoms with Crippen LogP contribution >= 0.6 is 11.3 Å². The number of hydrogen-bond acceptors (Lipinski definition) is 5. The van der Waals surface area contributed by atoms with E-state index in [1.165, 1.54) is 17.4 Å². The number of aromatic nitrogens is 1. The van der Waals surface area contributed by atoms with Crippen LogP contribution in [0.15, 0.2) is 29.6 Å². The van der Waals surface area contributed by atoms with E-state index in [0.717, 1.165) is 5.01 Å². The maximum atomic E-state index is 10.9. The molecule has 0 aliphatic carbocycles. The van der Waals surface area contributed by atoms with Gasteiger partial charge >= 0.3 is 0 Å². The van der Waals surface area contributed by atoms with E-state index in [1.54, 1.807) is 23.6 Å². The summed E-state index contributed by atoms with van der Waals surface area (Å²) in [6, 6.07) is 6.43. The second-order valence-corrected chi connectivity index (χ2v) is 4.96. The fourth-order valence-corrected chi connectivity index (χ4v) is 2.37. The fourth-order valence-electron chi connectivity index (χ4n) is 1.71. The first-order valence-electron chi connectivity index (χ1n) is 5.40. The molecule has 0 amide bonds. The molecule has 0 aliphatic heterocycles. The molecule has 2 aromatic rings. The third-order valence-electron chi connectivity index (χ3n) is 2.58. The zero-order valence-electron chi connectivity index (χ0n) is 9.74. The highest BCUT2D eigenvalue weighted by Crippen LogP contribution is 2.25. The van der Waals surface area contributed by atoms with Crippen LogP contribution in [0.2, 0.25) is 0 Å². The van der Waals surface area contributed by atoms with Crippen molar-refractivity contribution in [3.05, 3.63) is 56.0 Å². The first kappa shape index (κ1) is 12.7. The lowest BCUT2D eigenvalue weighted by Crippen LogP contribution is -2.04. The third-order valence-corrected chi connectivity index (χ3v) is 3.37. The summed E-state index contributed by atoms with van der Waals surface area (Å²) in [5.41, 5.74) is 1.11. The van der Waals surface area contributed by atoms with Gasteiger partial charge in [-0.05, 0) is 6.92 Å². The molecular formula is C12H12N2O3S. The lowest BCUT2D eigenvalue weighted by molar-refractivity contribution is -0.385. The van der Waals surface area contributed by atoms with Gasteiger partial charge in [-0.1, -0.05) is 18.2 Å². The zero-order valence-corrected chi connectivity index (χ0v) is 10.6. The van der Waals surface area contributed by atoms with Gasteiger partial charge in [0.25, 0.3) is 5.69 Å². The molecule has 0 radical (unpaired) electrons. The van der Waals surface area contributed by atoms with Crippen LogP contribution in [0.25, 0.3) is 0 Å². The smallest absolute Gasteiger partial charge is 0.272 e. The summed E-state index contributed by atoms with van der Waals surface area (Å²) in [5, 5.41) is 23.5. The van der Waals surface area contributed by atoms with Crippen LogP contribution in [0, 0.1) is 17.0 Å². The van der Waals surface area contributed by atoms with Crippen molar-refractivity contribution in [1.82, 2.24) is 4.98 Å². The van der Waals surface area contributed by atoms with Crippen LogP contribution in [0.1, 0.15) is 22.4 Å². The monoisotopic (exact) mass is 264 g/mol. The fraction of sp³-hybridized carbons (Fsp3) is 0.250. The molecule has 94 valence electrons. The van der Waals surface area contributed by atoms with Crippen molar-refractivity contribution in [3.8, 4) is 0 Å². The van der Waals surface area contributed by atoms with Crippen molar-refractivity contribution in [3.63, 3.8) is 0 Å². The largest absolute Gasteiger partial charge is 0.386 e. The van der Waals surface area contributed by atoms with E-state index in [9.17, 15) is 15.2 Å². The number of nitro groups is 1. The molecule has 0 bridgehead atoms. The molecule has 18 heavy (non-hydrogen) atoms. The van der Waals surface area contributed by atoms with E-state index in [0.29, 0.717) is 11.3 Å². The van der Waals surface area contributed by atoms with E-state index in [4.69, 9.17) is 0 Å². The highest BCUT2D eigenvalue weighted by Gasteiger charge is 2.18. The Morgan fingerprint density at radius 2 is 2.22 bits per heavy atom. The second-order valence-electron chi connectivity index (χ2n) is 3.90. The van der Waals surface area contributed by atoms with E-state index in [-0.39, 0.29) is 12.1 Å². The molecule has 0 spiro atoms. The number of nitro benzene ring substituents is 1. The minimum atomic E-state index is -0.809. The predicted octanol–water partition coefficient (Wildman–Crippen LogP) is 2.64. The Labute approximate surface area is 108 Å². The van der Waals surface area contributed by atoms with Crippen LogP contribution in [-0.2, 0) is 6.42 Å². The predicted molar refractivity (Wildman–Crippen MR) is 68.6 cm³/mol. The molecule has 1 aromatic carbocycles. The molecule has 5 nitrogen and oxygen atoms in total. The number of hydrogen-bond donors (Lipinski definition) is 1. The van der Waals surface area contributed by atoms with Gasteiger partial charge in [-0.25, -0.2) is 4.98 Å². The molecule has 0 saturated heterocycles. The number of aryl methyl sites for hydroxylation is 1. The van der Waals surface area contributed by atoms with Gasteiger partial charge in [0.05, 0.1) is 15.6 Å². The number of para-hydroxylation sites is 1. The van der Waals surface area contributed by atoms with Gasteiger partial charge in [0, 0.05) is 23.4 Å². The van der Waals surface area contributed by atoms with Crippen LogP contribution in [0.5, 0.6) is 0 Å². The van der Waals surface area contributed by atoms with Gasteiger partial charge in [-0.3, -0.25) is 10.1 Å². The van der Waals surface area contributed by atoms with Crippen LogP contribution in [-0.4, -0.2) is 15.0 Å². The lowest BCUT2D eigenvalue weighted by Gasteiger charge is -2.08. The number of nitrogens with zero attached hydrogens (tertiary/aromatic N) is 2. The van der Waals surface area contributed by atoms with Crippen molar-refractivity contribution < 1.29 is 10.0 Å². The number of benzene rings is 1. The topological polar surface area (TPSA) is 76.3 Å². The summed E-state index contributed by atoms with van der Waals surface area (Å²) < 4.78 is 0. The van der Waals surface area contributed by atoms with Gasteiger partial charge in [0.1, 0.15) is 6.10 Å². The summed E-state index contributed by atoms with van der Waals surface area (Å²) >= 11 is 1.45. The number of thiazole rings is 1. The number of aliphatic hydroxyl groups excluding tert-OH is 1. The van der Waals surface area contributed by atoms with Crippen LogP contribution in [0.4, 0.5) is 5.69 Å². The van der Waals surface area contributed by atoms with Crippen molar-refractivity contribution >= 4 is 17.0 Å². The molecule has 2 rings (SSSR count). The SMILES string of the molecule is Cc1nc(C(O)Cc2ccccc2[N+](=O)[O-])cs1. The van der Waals surface area contributed by atoms with E-state index in [2.05, 4.69) is 4.98 Å². The molecule has 1 heterocycles. The molecule has 1 aromatic heterocycles. The highest BCUT2D eigenvalue weighted by atomic mass is 32.1. The first-order chi connectivity index (χ1) is 8.58. The average molecular weight is 264 g/mol. The Hall–Kier alpha value is -1.79. The van der Waals surface area contributed by atoms with E-state index >= 15 is 0 Å². The van der Waals surface area contributed by atoms with Gasteiger partial charge < -0.3 is 5.11 Å². The van der Waals surface area contributed by atoms with Crippen molar-refractivity contribution in [2.45, 2.75) is 19.4 Å². The molecule has 1 N–H and O–H groups in total. The Bertz CT molecular complexity index is 568. The highest BCUT2D eigenvalue weighted by molar-refractivity contribution is 7.09. The minimum absolute atomic E-state index is 0.0310. The van der Waals surface area contributed by atoms with Crippen molar-refractivity contribution in [2.75, 3.05) is 0 Å². The minimum Gasteiger partial charge on any atom is -0.386 e. The van der Waals surface area contributed by atoms with Crippen LogP contribution in [0.3, 0.4) is 0 Å². The summed E-state index contributed by atoms with van der Waals surface area (Å²) in [6.07, 6.45) is -0.614. The quantitative estimate of drug-likeness (QED) is 0.680.